The standard InChI is InChI=1S/C14H13BrClF2NS/c1-3-19-13(12-4-7(2)14(15)20-12)8-5-11(18)9(16)6-10(8)17/h4-6,13,19H,3H2,1-2H3. The second-order valence-electron chi connectivity index (χ2n) is 4.38. The maximum Gasteiger partial charge on any atom is 0.142 e. The van der Waals surface area contributed by atoms with Gasteiger partial charge in [0.15, 0.2) is 0 Å². The van der Waals surface area contributed by atoms with E-state index in [1.807, 2.05) is 19.9 Å². The average molecular weight is 381 g/mol. The van der Waals surface area contributed by atoms with Crippen LogP contribution < -0.4 is 5.32 Å². The topological polar surface area (TPSA) is 12.0 Å². The van der Waals surface area contributed by atoms with Crippen LogP contribution in [0.25, 0.3) is 0 Å². The van der Waals surface area contributed by atoms with E-state index in [9.17, 15) is 8.78 Å². The number of hydrogen-bond donors (Lipinski definition) is 1. The smallest absolute Gasteiger partial charge is 0.142 e. The van der Waals surface area contributed by atoms with Crippen LogP contribution in [-0.2, 0) is 0 Å². The molecule has 0 aliphatic rings. The molecule has 20 heavy (non-hydrogen) atoms. The molecule has 1 aromatic carbocycles. The SMILES string of the molecule is CCNC(c1cc(C)c(Br)s1)c1cc(F)c(Cl)cc1F. The van der Waals surface area contributed by atoms with Crippen molar-refractivity contribution in [1.82, 2.24) is 5.32 Å². The maximum atomic E-state index is 14.1. The predicted octanol–water partition coefficient (Wildman–Crippen LogP) is 5.45. The third-order valence-electron chi connectivity index (χ3n) is 2.92. The Bertz CT molecular complexity index is 610. The molecule has 0 aliphatic heterocycles. The molecule has 0 saturated heterocycles. The van der Waals surface area contributed by atoms with Crippen LogP contribution in [0.15, 0.2) is 22.0 Å². The van der Waals surface area contributed by atoms with Crippen molar-refractivity contribution in [2.45, 2.75) is 19.9 Å². The van der Waals surface area contributed by atoms with E-state index < -0.39 is 11.6 Å². The molecule has 1 nitrogen and oxygen atoms in total. The average Bonchev–Trinajstić information content (AvgIpc) is 2.71. The van der Waals surface area contributed by atoms with Crippen LogP contribution in [0.4, 0.5) is 8.78 Å². The lowest BCUT2D eigenvalue weighted by molar-refractivity contribution is 0.548. The first-order chi connectivity index (χ1) is 9.43. The number of rotatable bonds is 4. The lowest BCUT2D eigenvalue weighted by atomic mass is 10.0. The van der Waals surface area contributed by atoms with Gasteiger partial charge in [-0.3, -0.25) is 0 Å². The maximum absolute atomic E-state index is 14.1. The molecule has 108 valence electrons. The highest BCUT2D eigenvalue weighted by Crippen LogP contribution is 2.36. The summed E-state index contributed by atoms with van der Waals surface area (Å²) in [6.07, 6.45) is 0. The summed E-state index contributed by atoms with van der Waals surface area (Å²) in [4.78, 5) is 0.928. The highest BCUT2D eigenvalue weighted by atomic mass is 79.9. The van der Waals surface area contributed by atoms with Crippen molar-refractivity contribution in [1.29, 1.82) is 0 Å². The van der Waals surface area contributed by atoms with Crippen LogP contribution >= 0.6 is 38.9 Å². The molecule has 0 fully saturated rings. The highest BCUT2D eigenvalue weighted by molar-refractivity contribution is 9.11. The number of aryl methyl sites for hydroxylation is 1. The van der Waals surface area contributed by atoms with Crippen molar-refractivity contribution >= 4 is 38.9 Å². The molecule has 1 N–H and O–H groups in total. The summed E-state index contributed by atoms with van der Waals surface area (Å²) >= 11 is 10.6. The molecule has 0 radical (unpaired) electrons. The van der Waals surface area contributed by atoms with Gasteiger partial charge in [0.1, 0.15) is 11.6 Å². The van der Waals surface area contributed by atoms with Crippen LogP contribution in [0.3, 0.4) is 0 Å². The predicted molar refractivity (Wildman–Crippen MR) is 83.6 cm³/mol. The number of nitrogens with one attached hydrogen (secondary N) is 1. The zero-order chi connectivity index (χ0) is 14.9. The molecule has 2 aromatic rings. The van der Waals surface area contributed by atoms with Crippen molar-refractivity contribution in [3.8, 4) is 0 Å². The summed E-state index contributed by atoms with van der Waals surface area (Å²) in [5, 5.41) is 2.98. The largest absolute Gasteiger partial charge is 0.306 e. The fraction of sp³-hybridized carbons (Fsp3) is 0.286. The van der Waals surface area contributed by atoms with Gasteiger partial charge >= 0.3 is 0 Å². The van der Waals surface area contributed by atoms with Gasteiger partial charge in [0.25, 0.3) is 0 Å². The molecule has 1 heterocycles. The molecule has 6 heteroatoms. The van der Waals surface area contributed by atoms with Gasteiger partial charge in [-0.1, -0.05) is 18.5 Å². The summed E-state index contributed by atoms with van der Waals surface area (Å²) in [6.45, 7) is 4.53. The zero-order valence-corrected chi connectivity index (χ0v) is 14.1. The fourth-order valence-electron chi connectivity index (χ4n) is 1.95. The highest BCUT2D eigenvalue weighted by Gasteiger charge is 2.21. The van der Waals surface area contributed by atoms with E-state index in [-0.39, 0.29) is 16.6 Å². The van der Waals surface area contributed by atoms with Gasteiger partial charge in [0.2, 0.25) is 0 Å². The monoisotopic (exact) mass is 379 g/mol. The van der Waals surface area contributed by atoms with Crippen molar-refractivity contribution in [2.24, 2.45) is 0 Å². The van der Waals surface area contributed by atoms with Crippen molar-refractivity contribution in [3.05, 3.63) is 54.6 Å². The van der Waals surface area contributed by atoms with Gasteiger partial charge in [-0.15, -0.1) is 11.3 Å². The van der Waals surface area contributed by atoms with Crippen LogP contribution in [0.5, 0.6) is 0 Å². The molecule has 0 spiro atoms. The van der Waals surface area contributed by atoms with Gasteiger partial charge in [0, 0.05) is 10.4 Å². The van der Waals surface area contributed by atoms with Crippen molar-refractivity contribution < 1.29 is 8.78 Å². The molecule has 0 amide bonds. The minimum Gasteiger partial charge on any atom is -0.306 e. The normalized spacial score (nSPS) is 12.7. The number of benzene rings is 1. The Hall–Kier alpha value is -0.490. The van der Waals surface area contributed by atoms with Gasteiger partial charge in [-0.2, -0.15) is 0 Å². The van der Waals surface area contributed by atoms with E-state index in [1.54, 1.807) is 0 Å². The molecule has 0 aliphatic carbocycles. The Labute approximate surface area is 134 Å². The quantitative estimate of drug-likeness (QED) is 0.696. The summed E-state index contributed by atoms with van der Waals surface area (Å²) in [5.74, 6) is -1.12. The van der Waals surface area contributed by atoms with Crippen molar-refractivity contribution in [2.75, 3.05) is 6.54 Å². The summed E-state index contributed by atoms with van der Waals surface area (Å²) in [5.41, 5.74) is 1.34. The van der Waals surface area contributed by atoms with Crippen molar-refractivity contribution in [3.63, 3.8) is 0 Å². The molecule has 0 bridgehead atoms. The molecule has 1 atom stereocenters. The third-order valence-corrected chi connectivity index (χ3v) is 5.41. The first kappa shape index (κ1) is 15.9. The van der Waals surface area contributed by atoms with Gasteiger partial charge in [-0.05, 0) is 53.2 Å². The van der Waals surface area contributed by atoms with E-state index in [4.69, 9.17) is 11.6 Å². The Morgan fingerprint density at radius 1 is 1.30 bits per heavy atom. The lowest BCUT2D eigenvalue weighted by Crippen LogP contribution is -2.22. The molecule has 2 rings (SSSR count). The summed E-state index contributed by atoms with van der Waals surface area (Å²) in [6, 6.07) is 3.76. The fourth-order valence-corrected chi connectivity index (χ4v) is 3.77. The molecular formula is C14H13BrClF2NS. The minimum atomic E-state index is -0.613. The number of halogens is 4. The van der Waals surface area contributed by atoms with Gasteiger partial charge in [-0.25, -0.2) is 8.78 Å². The number of thiophene rings is 1. The lowest BCUT2D eigenvalue weighted by Gasteiger charge is -2.18. The van der Waals surface area contributed by atoms with E-state index in [0.29, 0.717) is 6.54 Å². The Balaban J connectivity index is 2.50. The van der Waals surface area contributed by atoms with E-state index in [1.165, 1.54) is 11.3 Å². The molecular weight excluding hydrogens is 368 g/mol. The second kappa shape index (κ2) is 6.52. The number of hydrogen-bond acceptors (Lipinski definition) is 2. The van der Waals surface area contributed by atoms with Crippen LogP contribution in [0, 0.1) is 18.6 Å². The molecule has 0 saturated carbocycles. The Morgan fingerprint density at radius 2 is 2.00 bits per heavy atom. The second-order valence-corrected chi connectivity index (χ2v) is 7.19. The molecule has 1 aromatic heterocycles. The van der Waals surface area contributed by atoms with Crippen LogP contribution in [0.1, 0.15) is 29.0 Å². The van der Waals surface area contributed by atoms with Crippen LogP contribution in [-0.4, -0.2) is 6.54 Å². The first-order valence-corrected chi connectivity index (χ1v) is 8.06. The van der Waals surface area contributed by atoms with E-state index in [0.717, 1.165) is 26.4 Å². The van der Waals surface area contributed by atoms with Gasteiger partial charge < -0.3 is 5.32 Å². The Morgan fingerprint density at radius 3 is 2.55 bits per heavy atom. The minimum absolute atomic E-state index is 0.204. The molecule has 1 unspecified atom stereocenters. The first-order valence-electron chi connectivity index (χ1n) is 6.07. The third kappa shape index (κ3) is 3.22. The van der Waals surface area contributed by atoms with Crippen LogP contribution in [0.2, 0.25) is 5.02 Å². The summed E-state index contributed by atoms with van der Waals surface area (Å²) in [7, 11) is 0. The van der Waals surface area contributed by atoms with Gasteiger partial charge in [0.05, 0.1) is 14.9 Å². The Kier molecular flexibility index (Phi) is 5.18. The van der Waals surface area contributed by atoms with E-state index in [2.05, 4.69) is 21.2 Å². The summed E-state index contributed by atoms with van der Waals surface area (Å²) < 4.78 is 28.7. The van der Waals surface area contributed by atoms with E-state index >= 15 is 0 Å². The zero-order valence-electron chi connectivity index (χ0n) is 10.9.